The van der Waals surface area contributed by atoms with Gasteiger partial charge in [0.2, 0.25) is 11.2 Å². The molecule has 0 aliphatic carbocycles. The minimum atomic E-state index is -0.299. The third kappa shape index (κ3) is 3.54. The third-order valence-corrected chi connectivity index (χ3v) is 2.95. The number of hydrogen-bond acceptors (Lipinski definition) is 5. The summed E-state index contributed by atoms with van der Waals surface area (Å²) in [5.74, 6) is 0.114. The Morgan fingerprint density at radius 2 is 2.17 bits per heavy atom. The summed E-state index contributed by atoms with van der Waals surface area (Å²) in [6.45, 7) is 2.61. The molecule has 0 unspecified atom stereocenters. The molecule has 0 fully saturated rings. The zero-order chi connectivity index (χ0) is 13.0. The summed E-state index contributed by atoms with van der Waals surface area (Å²) < 4.78 is 13.0. The molecule has 94 valence electrons. The zero-order valence-corrected chi connectivity index (χ0v) is 11.1. The second kappa shape index (κ2) is 5.97. The number of anilines is 1. The van der Waals surface area contributed by atoms with Crippen LogP contribution in [-0.2, 0) is 0 Å². The quantitative estimate of drug-likeness (QED) is 0.934. The number of aromatic nitrogens is 3. The van der Waals surface area contributed by atoms with Gasteiger partial charge in [0.1, 0.15) is 5.82 Å². The van der Waals surface area contributed by atoms with Crippen molar-refractivity contribution in [1.82, 2.24) is 15.0 Å². The lowest BCUT2D eigenvalue weighted by molar-refractivity contribution is 0.624. The van der Waals surface area contributed by atoms with Gasteiger partial charge in [-0.15, -0.1) is 0 Å². The smallest absolute Gasteiger partial charge is 0.228 e. The Morgan fingerprint density at radius 3 is 2.89 bits per heavy atom. The first-order chi connectivity index (χ1) is 8.67. The van der Waals surface area contributed by atoms with Crippen LogP contribution in [0, 0.1) is 5.82 Å². The van der Waals surface area contributed by atoms with Gasteiger partial charge in [0.15, 0.2) is 5.16 Å². The Hall–Kier alpha value is -1.40. The van der Waals surface area contributed by atoms with E-state index in [2.05, 4.69) is 20.3 Å². The summed E-state index contributed by atoms with van der Waals surface area (Å²) in [7, 11) is 0. The highest BCUT2D eigenvalue weighted by atomic mass is 35.5. The van der Waals surface area contributed by atoms with Crippen LogP contribution in [0.25, 0.3) is 0 Å². The molecular formula is C11H10ClFN4S. The molecule has 0 saturated carbocycles. The maximum absolute atomic E-state index is 13.0. The summed E-state index contributed by atoms with van der Waals surface area (Å²) in [4.78, 5) is 12.8. The van der Waals surface area contributed by atoms with Crippen molar-refractivity contribution >= 4 is 29.3 Å². The topological polar surface area (TPSA) is 50.7 Å². The van der Waals surface area contributed by atoms with Gasteiger partial charge in [0.05, 0.1) is 0 Å². The van der Waals surface area contributed by atoms with E-state index < -0.39 is 0 Å². The summed E-state index contributed by atoms with van der Waals surface area (Å²) in [6, 6.07) is 6.20. The molecule has 1 heterocycles. The summed E-state index contributed by atoms with van der Waals surface area (Å²) in [6.07, 6.45) is 0. The SMILES string of the molecule is CCNc1nc(Cl)nc(Sc2cccc(F)c2)n1. The van der Waals surface area contributed by atoms with Gasteiger partial charge in [0.25, 0.3) is 0 Å². The average Bonchev–Trinajstić information content (AvgIpc) is 2.28. The van der Waals surface area contributed by atoms with Crippen LogP contribution in [0.15, 0.2) is 34.3 Å². The monoisotopic (exact) mass is 284 g/mol. The molecule has 18 heavy (non-hydrogen) atoms. The van der Waals surface area contributed by atoms with Crippen molar-refractivity contribution in [3.05, 3.63) is 35.4 Å². The maximum atomic E-state index is 13.0. The molecule has 1 N–H and O–H groups in total. The Kier molecular flexibility index (Phi) is 4.33. The molecule has 0 aliphatic heterocycles. The van der Waals surface area contributed by atoms with Crippen molar-refractivity contribution in [2.45, 2.75) is 17.0 Å². The molecule has 4 nitrogen and oxygen atoms in total. The first-order valence-corrected chi connectivity index (χ1v) is 6.45. The van der Waals surface area contributed by atoms with Crippen LogP contribution < -0.4 is 5.32 Å². The molecular weight excluding hydrogens is 275 g/mol. The highest BCUT2D eigenvalue weighted by molar-refractivity contribution is 7.99. The lowest BCUT2D eigenvalue weighted by Gasteiger charge is -2.04. The van der Waals surface area contributed by atoms with Gasteiger partial charge in [0, 0.05) is 11.4 Å². The van der Waals surface area contributed by atoms with Crippen molar-refractivity contribution < 1.29 is 4.39 Å². The van der Waals surface area contributed by atoms with E-state index in [9.17, 15) is 4.39 Å². The molecule has 1 aromatic heterocycles. The van der Waals surface area contributed by atoms with Crippen LogP contribution in [0.4, 0.5) is 10.3 Å². The first-order valence-electron chi connectivity index (χ1n) is 5.26. The van der Waals surface area contributed by atoms with Crippen LogP contribution in [0.3, 0.4) is 0 Å². The zero-order valence-electron chi connectivity index (χ0n) is 9.52. The Balaban J connectivity index is 2.23. The number of benzene rings is 1. The molecule has 0 saturated heterocycles. The molecule has 0 bridgehead atoms. The molecule has 0 radical (unpaired) electrons. The number of hydrogen-bond donors (Lipinski definition) is 1. The van der Waals surface area contributed by atoms with E-state index in [1.54, 1.807) is 12.1 Å². The molecule has 0 aliphatic rings. The molecule has 7 heteroatoms. The molecule has 0 spiro atoms. The van der Waals surface area contributed by atoms with Crippen LogP contribution >= 0.6 is 23.4 Å². The summed E-state index contributed by atoms with van der Waals surface area (Å²) in [5, 5.41) is 3.49. The van der Waals surface area contributed by atoms with E-state index in [4.69, 9.17) is 11.6 Å². The third-order valence-electron chi connectivity index (χ3n) is 1.93. The van der Waals surface area contributed by atoms with Gasteiger partial charge in [-0.2, -0.15) is 15.0 Å². The fraction of sp³-hybridized carbons (Fsp3) is 0.182. The minimum absolute atomic E-state index is 0.111. The van der Waals surface area contributed by atoms with Crippen molar-refractivity contribution in [2.24, 2.45) is 0 Å². The van der Waals surface area contributed by atoms with Crippen LogP contribution in [-0.4, -0.2) is 21.5 Å². The number of nitrogens with zero attached hydrogens (tertiary/aromatic N) is 3. The highest BCUT2D eigenvalue weighted by Crippen LogP contribution is 2.26. The average molecular weight is 285 g/mol. The normalized spacial score (nSPS) is 10.4. The lowest BCUT2D eigenvalue weighted by Crippen LogP contribution is -2.04. The van der Waals surface area contributed by atoms with Gasteiger partial charge in [-0.25, -0.2) is 4.39 Å². The van der Waals surface area contributed by atoms with Crippen LogP contribution in [0.1, 0.15) is 6.92 Å². The van der Waals surface area contributed by atoms with Gasteiger partial charge in [-0.1, -0.05) is 6.07 Å². The molecule has 0 atom stereocenters. The van der Waals surface area contributed by atoms with Gasteiger partial charge >= 0.3 is 0 Å². The summed E-state index contributed by atoms with van der Waals surface area (Å²) in [5.41, 5.74) is 0. The van der Waals surface area contributed by atoms with Gasteiger partial charge in [-0.05, 0) is 48.5 Å². The number of halogens is 2. The first kappa shape index (κ1) is 13.0. The Labute approximate surface area is 113 Å². The Bertz CT molecular complexity index is 552. The molecule has 0 amide bonds. The van der Waals surface area contributed by atoms with Crippen molar-refractivity contribution in [3.8, 4) is 0 Å². The predicted octanol–water partition coefficient (Wildman–Crippen LogP) is 3.25. The van der Waals surface area contributed by atoms with Crippen molar-refractivity contribution in [1.29, 1.82) is 0 Å². The Morgan fingerprint density at radius 1 is 1.33 bits per heavy atom. The van der Waals surface area contributed by atoms with E-state index in [1.165, 1.54) is 23.9 Å². The van der Waals surface area contributed by atoms with E-state index in [1.807, 2.05) is 6.92 Å². The summed E-state index contributed by atoms with van der Waals surface area (Å²) >= 11 is 7.02. The number of nitrogens with one attached hydrogen (secondary N) is 1. The lowest BCUT2D eigenvalue weighted by atomic mass is 10.4. The van der Waals surface area contributed by atoms with Crippen molar-refractivity contribution in [3.63, 3.8) is 0 Å². The van der Waals surface area contributed by atoms with E-state index in [0.29, 0.717) is 22.5 Å². The number of rotatable bonds is 4. The largest absolute Gasteiger partial charge is 0.354 e. The molecule has 2 aromatic rings. The van der Waals surface area contributed by atoms with Crippen molar-refractivity contribution in [2.75, 3.05) is 11.9 Å². The second-order valence-corrected chi connectivity index (χ2v) is 4.68. The van der Waals surface area contributed by atoms with Gasteiger partial charge < -0.3 is 5.32 Å². The minimum Gasteiger partial charge on any atom is -0.354 e. The van der Waals surface area contributed by atoms with Crippen LogP contribution in [0.2, 0.25) is 5.28 Å². The fourth-order valence-electron chi connectivity index (χ4n) is 1.25. The van der Waals surface area contributed by atoms with Gasteiger partial charge in [-0.3, -0.25) is 0 Å². The van der Waals surface area contributed by atoms with Crippen LogP contribution in [0.5, 0.6) is 0 Å². The van der Waals surface area contributed by atoms with E-state index >= 15 is 0 Å². The van der Waals surface area contributed by atoms with E-state index in [-0.39, 0.29) is 11.1 Å². The second-order valence-electron chi connectivity index (χ2n) is 3.30. The standard InChI is InChI=1S/C11H10ClFN4S/c1-2-14-10-15-9(12)16-11(17-10)18-8-5-3-4-7(13)6-8/h3-6H,2H2,1H3,(H,14,15,16,17). The fourth-order valence-corrected chi connectivity index (χ4v) is 2.25. The molecule has 2 rings (SSSR count). The maximum Gasteiger partial charge on any atom is 0.228 e. The van der Waals surface area contributed by atoms with E-state index in [0.717, 1.165) is 0 Å². The molecule has 1 aromatic carbocycles. The predicted molar refractivity (Wildman–Crippen MR) is 69.5 cm³/mol. The highest BCUT2D eigenvalue weighted by Gasteiger charge is 2.06.